The summed E-state index contributed by atoms with van der Waals surface area (Å²) < 4.78 is 22.3. The van der Waals surface area contributed by atoms with Crippen molar-refractivity contribution in [2.45, 2.75) is 17.7 Å². The van der Waals surface area contributed by atoms with E-state index in [9.17, 15) is 13.2 Å². The summed E-state index contributed by atoms with van der Waals surface area (Å²) in [6.45, 7) is 0. The number of nitrogen functional groups attached to an aromatic ring is 1. The number of benzene rings is 2. The maximum Gasteiger partial charge on any atom is 0.238 e. The van der Waals surface area contributed by atoms with Crippen molar-refractivity contribution in [2.24, 2.45) is 5.14 Å². The molecular weight excluding hydrogens is 302 g/mol. The molecule has 0 radical (unpaired) electrons. The van der Waals surface area contributed by atoms with Crippen molar-refractivity contribution in [3.05, 3.63) is 54.1 Å². The second-order valence-electron chi connectivity index (χ2n) is 4.86. The third-order valence-electron chi connectivity index (χ3n) is 3.09. The van der Waals surface area contributed by atoms with Gasteiger partial charge in [0.1, 0.15) is 0 Å². The van der Waals surface area contributed by atoms with E-state index in [0.717, 1.165) is 5.56 Å². The zero-order valence-electron chi connectivity index (χ0n) is 11.8. The molecule has 116 valence electrons. The molecule has 0 unspecified atom stereocenters. The van der Waals surface area contributed by atoms with E-state index in [4.69, 9.17) is 10.9 Å². The summed E-state index contributed by atoms with van der Waals surface area (Å²) in [5, 5.41) is 7.71. The molecule has 0 bridgehead atoms. The van der Waals surface area contributed by atoms with Gasteiger partial charge in [-0.05, 0) is 48.4 Å². The molecule has 0 aliphatic rings. The Morgan fingerprint density at radius 3 is 2.14 bits per heavy atom. The van der Waals surface area contributed by atoms with Gasteiger partial charge in [0.25, 0.3) is 0 Å². The Labute approximate surface area is 129 Å². The molecule has 0 fully saturated rings. The normalized spacial score (nSPS) is 11.1. The monoisotopic (exact) mass is 319 g/mol. The second kappa shape index (κ2) is 6.59. The zero-order chi connectivity index (χ0) is 16.2. The van der Waals surface area contributed by atoms with Gasteiger partial charge in [0, 0.05) is 17.8 Å². The van der Waals surface area contributed by atoms with Gasteiger partial charge in [-0.15, -0.1) is 0 Å². The molecule has 0 aliphatic carbocycles. The quantitative estimate of drug-likeness (QED) is 0.724. The summed E-state index contributed by atoms with van der Waals surface area (Å²) in [4.78, 5) is 11.9. The highest BCUT2D eigenvalue weighted by Gasteiger charge is 2.08. The van der Waals surface area contributed by atoms with Crippen LogP contribution >= 0.6 is 0 Å². The number of aryl methyl sites for hydroxylation is 1. The van der Waals surface area contributed by atoms with Gasteiger partial charge in [0.2, 0.25) is 15.9 Å². The minimum Gasteiger partial charge on any atom is -0.399 e. The Morgan fingerprint density at radius 1 is 1.00 bits per heavy atom. The third-order valence-corrected chi connectivity index (χ3v) is 4.02. The molecule has 7 heteroatoms. The molecule has 0 atom stereocenters. The van der Waals surface area contributed by atoms with Crippen LogP contribution in [0.25, 0.3) is 0 Å². The fraction of sp³-hybridized carbons (Fsp3) is 0.133. The fourth-order valence-corrected chi connectivity index (χ4v) is 2.41. The minimum atomic E-state index is -3.72. The van der Waals surface area contributed by atoms with Crippen molar-refractivity contribution in [1.29, 1.82) is 0 Å². The number of hydrogen-bond donors (Lipinski definition) is 3. The zero-order valence-corrected chi connectivity index (χ0v) is 12.6. The topological polar surface area (TPSA) is 115 Å². The molecule has 0 saturated carbocycles. The highest BCUT2D eigenvalue weighted by molar-refractivity contribution is 7.89. The van der Waals surface area contributed by atoms with E-state index >= 15 is 0 Å². The lowest BCUT2D eigenvalue weighted by Crippen LogP contribution is -2.14. The van der Waals surface area contributed by atoms with Gasteiger partial charge in [0.15, 0.2) is 0 Å². The molecule has 2 aromatic carbocycles. The van der Waals surface area contributed by atoms with Gasteiger partial charge in [-0.25, -0.2) is 13.6 Å². The predicted molar refractivity (Wildman–Crippen MR) is 85.6 cm³/mol. The van der Waals surface area contributed by atoms with Gasteiger partial charge >= 0.3 is 0 Å². The van der Waals surface area contributed by atoms with Gasteiger partial charge in [0.05, 0.1) is 4.90 Å². The van der Waals surface area contributed by atoms with Crippen LogP contribution in [-0.4, -0.2) is 14.3 Å². The number of nitrogens with one attached hydrogen (secondary N) is 1. The number of carbonyl (C=O) groups excluding carboxylic acids is 1. The van der Waals surface area contributed by atoms with Crippen LogP contribution in [0.4, 0.5) is 11.4 Å². The molecule has 5 N–H and O–H groups in total. The number of nitrogens with two attached hydrogens (primary N) is 2. The van der Waals surface area contributed by atoms with Gasteiger partial charge in [-0.2, -0.15) is 0 Å². The highest BCUT2D eigenvalue weighted by atomic mass is 32.2. The number of hydrogen-bond acceptors (Lipinski definition) is 4. The van der Waals surface area contributed by atoms with E-state index in [-0.39, 0.29) is 10.8 Å². The summed E-state index contributed by atoms with van der Waals surface area (Å²) in [5.41, 5.74) is 7.83. The largest absolute Gasteiger partial charge is 0.399 e. The van der Waals surface area contributed by atoms with Crippen LogP contribution in [0, 0.1) is 0 Å². The molecule has 0 saturated heterocycles. The minimum absolute atomic E-state index is 0.00683. The van der Waals surface area contributed by atoms with Crippen molar-refractivity contribution in [2.75, 3.05) is 11.1 Å². The number of sulfonamides is 1. The number of amides is 1. The molecule has 2 aromatic rings. The molecule has 1 amide bonds. The molecule has 0 spiro atoms. The smallest absolute Gasteiger partial charge is 0.238 e. The van der Waals surface area contributed by atoms with Gasteiger partial charge in [-0.1, -0.05) is 12.1 Å². The van der Waals surface area contributed by atoms with Crippen molar-refractivity contribution >= 4 is 27.3 Å². The molecule has 2 rings (SSSR count). The average molecular weight is 319 g/mol. The van der Waals surface area contributed by atoms with Crippen LogP contribution in [0.15, 0.2) is 53.4 Å². The van der Waals surface area contributed by atoms with E-state index in [2.05, 4.69) is 5.32 Å². The molecular formula is C15H17N3O3S. The summed E-state index contributed by atoms with van der Waals surface area (Å²) in [7, 11) is -3.72. The number of rotatable bonds is 5. The lowest BCUT2D eigenvalue weighted by molar-refractivity contribution is -0.116. The number of primary sulfonamides is 1. The van der Waals surface area contributed by atoms with E-state index in [1.54, 1.807) is 12.1 Å². The van der Waals surface area contributed by atoms with Crippen LogP contribution in [0.3, 0.4) is 0 Å². The van der Waals surface area contributed by atoms with Crippen LogP contribution in [0.2, 0.25) is 0 Å². The Balaban J connectivity index is 1.90. The van der Waals surface area contributed by atoms with Gasteiger partial charge in [-0.3, -0.25) is 4.79 Å². The highest BCUT2D eigenvalue weighted by Crippen LogP contribution is 2.13. The van der Waals surface area contributed by atoms with Crippen LogP contribution in [-0.2, 0) is 21.2 Å². The Kier molecular flexibility index (Phi) is 4.79. The van der Waals surface area contributed by atoms with Crippen LogP contribution < -0.4 is 16.2 Å². The summed E-state index contributed by atoms with van der Waals surface area (Å²) in [6.07, 6.45) is 0.919. The maximum absolute atomic E-state index is 11.9. The first-order valence-electron chi connectivity index (χ1n) is 6.62. The number of anilines is 2. The van der Waals surface area contributed by atoms with E-state index in [0.29, 0.717) is 24.2 Å². The molecule has 6 nitrogen and oxygen atoms in total. The van der Waals surface area contributed by atoms with Gasteiger partial charge < -0.3 is 11.1 Å². The summed E-state index contributed by atoms with van der Waals surface area (Å²) in [6, 6.07) is 13.0. The lowest BCUT2D eigenvalue weighted by atomic mass is 10.1. The molecule has 0 aliphatic heterocycles. The first kappa shape index (κ1) is 16.0. The van der Waals surface area contributed by atoms with E-state index < -0.39 is 10.0 Å². The van der Waals surface area contributed by atoms with Crippen molar-refractivity contribution < 1.29 is 13.2 Å². The second-order valence-corrected chi connectivity index (χ2v) is 6.42. The molecule has 0 aromatic heterocycles. The molecule has 22 heavy (non-hydrogen) atoms. The number of carbonyl (C=O) groups is 1. The lowest BCUT2D eigenvalue weighted by Gasteiger charge is -2.06. The first-order chi connectivity index (χ1) is 10.3. The summed E-state index contributed by atoms with van der Waals surface area (Å²) >= 11 is 0. The molecule has 0 heterocycles. The van der Waals surface area contributed by atoms with Crippen LogP contribution in [0.5, 0.6) is 0 Å². The third kappa shape index (κ3) is 4.57. The van der Waals surface area contributed by atoms with Crippen LogP contribution in [0.1, 0.15) is 12.0 Å². The first-order valence-corrected chi connectivity index (χ1v) is 8.16. The maximum atomic E-state index is 11.9. The Hall–Kier alpha value is -2.38. The predicted octanol–water partition coefficient (Wildman–Crippen LogP) is 1.49. The standard InChI is InChI=1S/C15H17N3O3S/c16-12-4-1-11(2-5-12)3-10-15(19)18-13-6-8-14(9-7-13)22(17,20)21/h1-2,4-9H,3,10,16H2,(H,18,19)(H2,17,20,21). The van der Waals surface area contributed by atoms with Crippen molar-refractivity contribution in [3.63, 3.8) is 0 Å². The summed E-state index contributed by atoms with van der Waals surface area (Å²) in [5.74, 6) is -0.153. The van der Waals surface area contributed by atoms with Crippen molar-refractivity contribution in [3.8, 4) is 0 Å². The SMILES string of the molecule is Nc1ccc(CCC(=O)Nc2ccc(S(N)(=O)=O)cc2)cc1. The fourth-order valence-electron chi connectivity index (χ4n) is 1.89. The Morgan fingerprint density at radius 2 is 1.59 bits per heavy atom. The van der Waals surface area contributed by atoms with Crippen molar-refractivity contribution in [1.82, 2.24) is 0 Å². The van der Waals surface area contributed by atoms with E-state index in [1.807, 2.05) is 12.1 Å². The Bertz CT molecular complexity index is 754. The van der Waals surface area contributed by atoms with E-state index in [1.165, 1.54) is 24.3 Å². The average Bonchev–Trinajstić information content (AvgIpc) is 2.46.